The van der Waals surface area contributed by atoms with Crippen LogP contribution < -0.4 is 5.73 Å². The Balaban J connectivity index is 2.16. The van der Waals surface area contributed by atoms with Crippen LogP contribution in [0.5, 0.6) is 0 Å². The number of amides is 1. The Hall–Kier alpha value is -0.790. The fourth-order valence-electron chi connectivity index (χ4n) is 3.14. The van der Waals surface area contributed by atoms with E-state index >= 15 is 0 Å². The van der Waals surface area contributed by atoms with Crippen molar-refractivity contribution in [1.29, 1.82) is 0 Å². The average Bonchev–Trinajstić information content (AvgIpc) is 2.74. The van der Waals surface area contributed by atoms with Crippen molar-refractivity contribution in [3.05, 3.63) is 12.2 Å². The molecule has 2 rings (SSSR count). The summed E-state index contributed by atoms with van der Waals surface area (Å²) in [4.78, 5) is 11.6. The molecular formula is C12H19NO. The van der Waals surface area contributed by atoms with Gasteiger partial charge in [0.05, 0.1) is 5.41 Å². The lowest BCUT2D eigenvalue weighted by Crippen LogP contribution is -2.40. The number of unbranched alkanes of at least 4 members (excludes halogenated alkanes) is 1. The summed E-state index contributed by atoms with van der Waals surface area (Å²) in [5.41, 5.74) is 5.40. The molecule has 0 unspecified atom stereocenters. The highest BCUT2D eigenvalue weighted by atomic mass is 16.1. The smallest absolute Gasteiger partial charge is 0.224 e. The predicted octanol–water partition coefficient (Wildman–Crippen LogP) is 2.24. The SMILES string of the molecule is CCCC[C@]1(C(N)=O)C[C@@H]2C=C[C@H]1C2. The largest absolute Gasteiger partial charge is 0.369 e. The zero-order valence-electron chi connectivity index (χ0n) is 8.83. The Morgan fingerprint density at radius 3 is 2.79 bits per heavy atom. The molecule has 78 valence electrons. The highest BCUT2D eigenvalue weighted by Crippen LogP contribution is 2.54. The van der Waals surface area contributed by atoms with E-state index in [1.165, 1.54) is 0 Å². The number of rotatable bonds is 4. The molecule has 1 amide bonds. The Morgan fingerprint density at radius 1 is 1.57 bits per heavy atom. The van der Waals surface area contributed by atoms with Crippen molar-refractivity contribution in [2.75, 3.05) is 0 Å². The number of carbonyl (C=O) groups is 1. The predicted molar refractivity (Wildman–Crippen MR) is 56.5 cm³/mol. The third kappa shape index (κ3) is 1.28. The summed E-state index contributed by atoms with van der Waals surface area (Å²) in [6, 6.07) is 0. The summed E-state index contributed by atoms with van der Waals surface area (Å²) < 4.78 is 0. The van der Waals surface area contributed by atoms with E-state index in [9.17, 15) is 4.79 Å². The van der Waals surface area contributed by atoms with Gasteiger partial charge in [0.1, 0.15) is 0 Å². The molecule has 2 N–H and O–H groups in total. The fourth-order valence-corrected chi connectivity index (χ4v) is 3.14. The second kappa shape index (κ2) is 3.41. The summed E-state index contributed by atoms with van der Waals surface area (Å²) in [6.07, 6.45) is 9.91. The van der Waals surface area contributed by atoms with E-state index in [0.717, 1.165) is 32.1 Å². The first kappa shape index (κ1) is 9.75. The molecule has 2 nitrogen and oxygen atoms in total. The Labute approximate surface area is 85.6 Å². The van der Waals surface area contributed by atoms with Gasteiger partial charge in [-0.25, -0.2) is 0 Å². The molecule has 0 radical (unpaired) electrons. The van der Waals surface area contributed by atoms with Gasteiger partial charge in [-0.3, -0.25) is 4.79 Å². The number of hydrogen-bond acceptors (Lipinski definition) is 1. The van der Waals surface area contributed by atoms with Crippen LogP contribution in [0.25, 0.3) is 0 Å². The summed E-state index contributed by atoms with van der Waals surface area (Å²) in [6.45, 7) is 2.16. The fraction of sp³-hybridized carbons (Fsp3) is 0.750. The lowest BCUT2D eigenvalue weighted by atomic mass is 9.71. The van der Waals surface area contributed by atoms with Gasteiger partial charge in [0.15, 0.2) is 0 Å². The molecule has 1 saturated carbocycles. The minimum Gasteiger partial charge on any atom is -0.369 e. The molecule has 2 aliphatic carbocycles. The summed E-state index contributed by atoms with van der Waals surface area (Å²) in [5, 5.41) is 0. The van der Waals surface area contributed by atoms with E-state index in [2.05, 4.69) is 19.1 Å². The van der Waals surface area contributed by atoms with Crippen molar-refractivity contribution in [2.45, 2.75) is 39.0 Å². The molecule has 0 aromatic carbocycles. The zero-order chi connectivity index (χ0) is 10.2. The Kier molecular flexibility index (Phi) is 2.38. The molecule has 0 aromatic rings. The number of hydrogen-bond donors (Lipinski definition) is 1. The van der Waals surface area contributed by atoms with Crippen molar-refractivity contribution in [3.8, 4) is 0 Å². The van der Waals surface area contributed by atoms with E-state index in [1.54, 1.807) is 0 Å². The molecule has 0 aliphatic heterocycles. The van der Waals surface area contributed by atoms with Gasteiger partial charge < -0.3 is 5.73 Å². The number of nitrogens with two attached hydrogens (primary N) is 1. The standard InChI is InChI=1S/C12H19NO/c1-2-3-6-12(11(13)14)8-9-4-5-10(12)7-9/h4-5,9-10H,2-3,6-8H2,1H3,(H2,13,14)/t9-,10+,12+/m1/s1. The van der Waals surface area contributed by atoms with Crippen LogP contribution in [0.1, 0.15) is 39.0 Å². The molecule has 0 heterocycles. The maximum absolute atomic E-state index is 11.6. The first-order valence-corrected chi connectivity index (χ1v) is 5.67. The first-order chi connectivity index (χ1) is 6.69. The number of carbonyl (C=O) groups excluding carboxylic acids is 1. The van der Waals surface area contributed by atoms with Gasteiger partial charge in [-0.05, 0) is 31.1 Å². The van der Waals surface area contributed by atoms with E-state index in [4.69, 9.17) is 5.73 Å². The van der Waals surface area contributed by atoms with Crippen molar-refractivity contribution in [1.82, 2.24) is 0 Å². The van der Waals surface area contributed by atoms with Gasteiger partial charge in [-0.1, -0.05) is 31.9 Å². The maximum Gasteiger partial charge on any atom is 0.224 e. The van der Waals surface area contributed by atoms with Crippen molar-refractivity contribution in [3.63, 3.8) is 0 Å². The molecular weight excluding hydrogens is 174 g/mol. The topological polar surface area (TPSA) is 43.1 Å². The van der Waals surface area contributed by atoms with E-state index < -0.39 is 0 Å². The van der Waals surface area contributed by atoms with E-state index in [1.807, 2.05) is 0 Å². The quantitative estimate of drug-likeness (QED) is 0.684. The van der Waals surface area contributed by atoms with Crippen molar-refractivity contribution >= 4 is 5.91 Å². The first-order valence-electron chi connectivity index (χ1n) is 5.67. The molecule has 0 aromatic heterocycles. The van der Waals surface area contributed by atoms with Crippen LogP contribution in [0.3, 0.4) is 0 Å². The van der Waals surface area contributed by atoms with Gasteiger partial charge in [0, 0.05) is 0 Å². The number of fused-ring (bicyclic) bond motifs is 2. The lowest BCUT2D eigenvalue weighted by Gasteiger charge is -2.32. The highest BCUT2D eigenvalue weighted by molar-refractivity contribution is 5.82. The second-order valence-electron chi connectivity index (χ2n) is 4.82. The second-order valence-corrected chi connectivity index (χ2v) is 4.82. The monoisotopic (exact) mass is 193 g/mol. The van der Waals surface area contributed by atoms with Gasteiger partial charge in [0.2, 0.25) is 5.91 Å². The Bertz CT molecular complexity index is 271. The van der Waals surface area contributed by atoms with Gasteiger partial charge in [-0.2, -0.15) is 0 Å². The van der Waals surface area contributed by atoms with E-state index in [-0.39, 0.29) is 11.3 Å². The molecule has 14 heavy (non-hydrogen) atoms. The van der Waals surface area contributed by atoms with Crippen LogP contribution in [0.4, 0.5) is 0 Å². The Morgan fingerprint density at radius 2 is 2.36 bits per heavy atom. The lowest BCUT2D eigenvalue weighted by molar-refractivity contribution is -0.129. The van der Waals surface area contributed by atoms with Crippen LogP contribution in [-0.2, 0) is 4.79 Å². The average molecular weight is 193 g/mol. The van der Waals surface area contributed by atoms with Crippen LogP contribution in [0.15, 0.2) is 12.2 Å². The molecule has 2 heteroatoms. The molecule has 0 saturated heterocycles. The minimum atomic E-state index is -0.185. The summed E-state index contributed by atoms with van der Waals surface area (Å²) in [7, 11) is 0. The van der Waals surface area contributed by atoms with Crippen LogP contribution >= 0.6 is 0 Å². The number of primary amides is 1. The minimum absolute atomic E-state index is 0.0669. The van der Waals surface area contributed by atoms with E-state index in [0.29, 0.717) is 11.8 Å². The number of allylic oxidation sites excluding steroid dienone is 2. The molecule has 3 atom stereocenters. The third-order valence-electron chi connectivity index (χ3n) is 3.98. The van der Waals surface area contributed by atoms with Crippen LogP contribution in [-0.4, -0.2) is 5.91 Å². The van der Waals surface area contributed by atoms with Crippen molar-refractivity contribution in [2.24, 2.45) is 23.0 Å². The van der Waals surface area contributed by atoms with Crippen LogP contribution in [0.2, 0.25) is 0 Å². The third-order valence-corrected chi connectivity index (χ3v) is 3.98. The van der Waals surface area contributed by atoms with Crippen molar-refractivity contribution < 1.29 is 4.79 Å². The zero-order valence-corrected chi connectivity index (χ0v) is 8.83. The molecule has 1 fully saturated rings. The molecule has 2 bridgehead atoms. The summed E-state index contributed by atoms with van der Waals surface area (Å²) >= 11 is 0. The maximum atomic E-state index is 11.6. The normalized spacial score (nSPS) is 39.2. The molecule has 0 spiro atoms. The summed E-state index contributed by atoms with van der Waals surface area (Å²) in [5.74, 6) is 1.00. The highest BCUT2D eigenvalue weighted by Gasteiger charge is 2.51. The van der Waals surface area contributed by atoms with Gasteiger partial charge in [0.25, 0.3) is 0 Å². The van der Waals surface area contributed by atoms with Gasteiger partial charge >= 0.3 is 0 Å². The van der Waals surface area contributed by atoms with Crippen LogP contribution in [0, 0.1) is 17.3 Å². The molecule has 2 aliphatic rings. The van der Waals surface area contributed by atoms with Gasteiger partial charge in [-0.15, -0.1) is 0 Å².